The molecular weight excluding hydrogens is 302 g/mol. The summed E-state index contributed by atoms with van der Waals surface area (Å²) in [4.78, 5) is 24.8. The molecule has 1 aromatic rings. The van der Waals surface area contributed by atoms with Crippen molar-refractivity contribution < 1.29 is 18.9 Å². The van der Waals surface area contributed by atoms with E-state index in [0.717, 1.165) is 12.8 Å². The number of hydrogen-bond acceptors (Lipinski definition) is 3. The van der Waals surface area contributed by atoms with Crippen LogP contribution in [0.25, 0.3) is 0 Å². The Morgan fingerprint density at radius 1 is 1.18 bits per heavy atom. The lowest BCUT2D eigenvalue weighted by Crippen LogP contribution is -2.35. The average Bonchev–Trinajstić information content (AvgIpc) is 2.47. The van der Waals surface area contributed by atoms with Gasteiger partial charge in [0.05, 0.1) is 5.56 Å². The molecule has 0 aliphatic rings. The maximum absolute atomic E-state index is 12.1. The summed E-state index contributed by atoms with van der Waals surface area (Å²) in [6.07, 6.45) is 1.75. The van der Waals surface area contributed by atoms with Crippen molar-refractivity contribution in [2.24, 2.45) is 0 Å². The van der Waals surface area contributed by atoms with Gasteiger partial charge in [0.2, 0.25) is 5.91 Å². The minimum Gasteiger partial charge on any atom is -0.478 e. The number of carbonyl (C=O) groups excluding carboxylic acids is 1. The minimum absolute atomic E-state index is 0.0166. The molecule has 5 nitrogen and oxygen atoms in total. The van der Waals surface area contributed by atoms with Crippen molar-refractivity contribution >= 4 is 22.7 Å². The number of aromatic carboxylic acids is 1. The average molecular weight is 325 g/mol. The third-order valence-electron chi connectivity index (χ3n) is 3.13. The van der Waals surface area contributed by atoms with Gasteiger partial charge in [0.25, 0.3) is 0 Å². The van der Waals surface area contributed by atoms with Gasteiger partial charge in [-0.1, -0.05) is 26.0 Å². The highest BCUT2D eigenvalue weighted by Crippen LogP contribution is 2.09. The second-order valence-electron chi connectivity index (χ2n) is 5.11. The topological polar surface area (TPSA) is 74.7 Å². The number of benzene rings is 1. The van der Waals surface area contributed by atoms with Gasteiger partial charge in [-0.25, -0.2) is 4.79 Å². The van der Waals surface area contributed by atoms with Crippen LogP contribution in [0.4, 0.5) is 0 Å². The van der Waals surface area contributed by atoms with Gasteiger partial charge >= 0.3 is 5.97 Å². The molecule has 22 heavy (non-hydrogen) atoms. The van der Waals surface area contributed by atoms with Gasteiger partial charge in [-0.15, -0.1) is 0 Å². The molecule has 0 saturated heterocycles. The first-order chi connectivity index (χ1) is 10.5. The van der Waals surface area contributed by atoms with Crippen LogP contribution in [0.2, 0.25) is 0 Å². The lowest BCUT2D eigenvalue weighted by molar-refractivity contribution is -0.128. The highest BCUT2D eigenvalue weighted by atomic mass is 32.2. The van der Waals surface area contributed by atoms with Crippen LogP contribution in [0.5, 0.6) is 0 Å². The van der Waals surface area contributed by atoms with Crippen LogP contribution < -0.4 is 0 Å². The molecule has 0 aliphatic carbocycles. The minimum atomic E-state index is -1.33. The molecule has 0 spiro atoms. The normalized spacial score (nSPS) is 11.9. The fourth-order valence-corrected chi connectivity index (χ4v) is 3.27. The van der Waals surface area contributed by atoms with Crippen molar-refractivity contribution in [3.63, 3.8) is 0 Å². The summed E-state index contributed by atoms with van der Waals surface area (Å²) < 4.78 is 12.1. The molecule has 6 heteroatoms. The van der Waals surface area contributed by atoms with Crippen molar-refractivity contribution in [3.8, 4) is 0 Å². The third kappa shape index (κ3) is 5.97. The van der Waals surface area contributed by atoms with Crippen LogP contribution in [0.1, 0.15) is 42.6 Å². The lowest BCUT2D eigenvalue weighted by Gasteiger charge is -2.21. The molecule has 1 unspecified atom stereocenters. The van der Waals surface area contributed by atoms with E-state index >= 15 is 0 Å². The Balaban J connectivity index is 2.63. The molecule has 0 aliphatic heterocycles. The highest BCUT2D eigenvalue weighted by molar-refractivity contribution is 7.84. The second-order valence-corrected chi connectivity index (χ2v) is 6.57. The zero-order valence-corrected chi connectivity index (χ0v) is 13.9. The van der Waals surface area contributed by atoms with Gasteiger partial charge in [0, 0.05) is 29.6 Å². The van der Waals surface area contributed by atoms with E-state index in [4.69, 9.17) is 5.11 Å². The van der Waals surface area contributed by atoms with Crippen LogP contribution in [0.3, 0.4) is 0 Å². The molecule has 122 valence electrons. The monoisotopic (exact) mass is 325 g/mol. The Hall–Kier alpha value is -1.69. The Kier molecular flexibility index (Phi) is 7.80. The summed E-state index contributed by atoms with van der Waals surface area (Å²) in [5, 5.41) is 8.94. The number of amides is 1. The zero-order valence-electron chi connectivity index (χ0n) is 13.1. The smallest absolute Gasteiger partial charge is 0.335 e. The van der Waals surface area contributed by atoms with E-state index in [1.165, 1.54) is 12.1 Å². The quantitative estimate of drug-likeness (QED) is 0.756. The summed E-state index contributed by atoms with van der Waals surface area (Å²) in [7, 11) is -1.33. The number of nitrogens with zero attached hydrogens (tertiary/aromatic N) is 1. The summed E-state index contributed by atoms with van der Waals surface area (Å²) in [6.45, 7) is 5.37. The van der Waals surface area contributed by atoms with E-state index in [0.29, 0.717) is 18.7 Å². The van der Waals surface area contributed by atoms with Gasteiger partial charge in [-0.2, -0.15) is 0 Å². The maximum atomic E-state index is 12.1. The molecule has 1 atom stereocenters. The number of carbonyl (C=O) groups is 2. The molecular formula is C16H23NO4S. The first kappa shape index (κ1) is 18.4. The van der Waals surface area contributed by atoms with Crippen molar-refractivity contribution in [1.82, 2.24) is 4.90 Å². The predicted octanol–water partition coefficient (Wildman–Crippen LogP) is 2.28. The molecule has 0 saturated carbocycles. The van der Waals surface area contributed by atoms with Crippen molar-refractivity contribution in [2.45, 2.75) is 32.4 Å². The highest BCUT2D eigenvalue weighted by Gasteiger charge is 2.15. The fraction of sp³-hybridized carbons (Fsp3) is 0.500. The Morgan fingerprint density at radius 2 is 1.82 bits per heavy atom. The fourth-order valence-electron chi connectivity index (χ4n) is 2.16. The summed E-state index contributed by atoms with van der Waals surface area (Å²) in [6, 6.07) is 6.34. The number of carboxylic acids is 1. The number of rotatable bonds is 9. The summed E-state index contributed by atoms with van der Waals surface area (Å²) in [5.74, 6) is -0.937. The number of hydrogen-bond donors (Lipinski definition) is 1. The summed E-state index contributed by atoms with van der Waals surface area (Å²) in [5.41, 5.74) is 0.836. The van der Waals surface area contributed by atoms with Crippen LogP contribution in [0, 0.1) is 0 Å². The Bertz CT molecular complexity index is 539. The van der Waals surface area contributed by atoms with Crippen molar-refractivity contribution in [2.75, 3.05) is 18.8 Å². The van der Waals surface area contributed by atoms with E-state index in [-0.39, 0.29) is 23.0 Å². The van der Waals surface area contributed by atoms with Crippen molar-refractivity contribution in [3.05, 3.63) is 35.4 Å². The summed E-state index contributed by atoms with van der Waals surface area (Å²) >= 11 is 0. The Morgan fingerprint density at radius 3 is 2.36 bits per heavy atom. The van der Waals surface area contributed by atoms with Gasteiger partial charge in [0.15, 0.2) is 0 Å². The van der Waals surface area contributed by atoms with Gasteiger partial charge < -0.3 is 10.0 Å². The van der Waals surface area contributed by atoms with Crippen LogP contribution in [-0.4, -0.2) is 44.9 Å². The molecule has 1 aromatic carbocycles. The number of carboxylic acid groups (broad SMARTS) is 1. The molecule has 0 fully saturated rings. The first-order valence-corrected chi connectivity index (χ1v) is 8.91. The largest absolute Gasteiger partial charge is 0.478 e. The van der Waals surface area contributed by atoms with Gasteiger partial charge in [0.1, 0.15) is 5.75 Å². The van der Waals surface area contributed by atoms with E-state index in [9.17, 15) is 13.8 Å². The standard InChI is InChI=1S/C16H23NO4S/c1-3-8-17(9-4-2)15(18)12-22(21)11-13-6-5-7-14(10-13)16(19)20/h5-7,10H,3-4,8-9,11-12H2,1-2H3,(H,19,20). The maximum Gasteiger partial charge on any atom is 0.335 e. The SMILES string of the molecule is CCCN(CCC)C(=O)CS(=O)Cc1cccc(C(=O)O)c1. The van der Waals surface area contributed by atoms with E-state index < -0.39 is 16.8 Å². The molecule has 0 heterocycles. The van der Waals surface area contributed by atoms with E-state index in [1.54, 1.807) is 17.0 Å². The molecule has 1 rings (SSSR count). The molecule has 0 aromatic heterocycles. The molecule has 1 amide bonds. The lowest BCUT2D eigenvalue weighted by atomic mass is 10.1. The molecule has 0 radical (unpaired) electrons. The van der Waals surface area contributed by atoms with Gasteiger partial charge in [-0.3, -0.25) is 9.00 Å². The molecule has 1 N–H and O–H groups in total. The molecule has 0 bridgehead atoms. The van der Waals surface area contributed by atoms with E-state index in [1.807, 2.05) is 13.8 Å². The predicted molar refractivity (Wildman–Crippen MR) is 87.3 cm³/mol. The van der Waals surface area contributed by atoms with Crippen LogP contribution in [-0.2, 0) is 21.3 Å². The van der Waals surface area contributed by atoms with Crippen LogP contribution >= 0.6 is 0 Å². The Labute approximate surface area is 133 Å². The van der Waals surface area contributed by atoms with Crippen LogP contribution in [0.15, 0.2) is 24.3 Å². The third-order valence-corrected chi connectivity index (χ3v) is 4.35. The van der Waals surface area contributed by atoms with Gasteiger partial charge in [-0.05, 0) is 30.5 Å². The van der Waals surface area contributed by atoms with E-state index in [2.05, 4.69) is 0 Å². The zero-order chi connectivity index (χ0) is 16.5. The first-order valence-electron chi connectivity index (χ1n) is 7.42. The second kappa shape index (κ2) is 9.35. The van der Waals surface area contributed by atoms with Crippen molar-refractivity contribution in [1.29, 1.82) is 0 Å².